The second-order valence-corrected chi connectivity index (χ2v) is 30.7. The minimum atomic E-state index is -0.448. The predicted molar refractivity (Wildman–Crippen MR) is 489 cm³/mol. The predicted octanol–water partition coefficient (Wildman–Crippen LogP) is 20.1. The number of nitrogen functional groups attached to an aromatic ring is 1. The molecule has 0 aliphatic rings. The molecule has 0 unspecified atom stereocenters. The average Bonchev–Trinajstić information content (AvgIpc) is 1.75. The third-order valence-electron chi connectivity index (χ3n) is 20.8. The van der Waals surface area contributed by atoms with Crippen molar-refractivity contribution in [3.05, 3.63) is 363 Å². The van der Waals surface area contributed by atoms with Crippen LogP contribution in [0.3, 0.4) is 0 Å². The van der Waals surface area contributed by atoms with Crippen LogP contribution in [-0.2, 0) is 0 Å². The van der Waals surface area contributed by atoms with E-state index >= 15 is 0 Å². The Morgan fingerprint density at radius 3 is 1.11 bits per heavy atom. The number of anilines is 5. The van der Waals surface area contributed by atoms with Crippen LogP contribution in [0.2, 0.25) is 25.1 Å². The number of hydrogen-bond donors (Lipinski definition) is 9. The number of hydrogen-bond acceptors (Lipinski definition) is 18. The quantitative estimate of drug-likeness (QED) is 0.0434. The van der Waals surface area contributed by atoms with Gasteiger partial charge in [0.15, 0.2) is 17.3 Å². The molecule has 32 heteroatoms. The van der Waals surface area contributed by atoms with E-state index in [0.29, 0.717) is 109 Å². The Balaban J connectivity index is 0.000000116. The molecule has 0 amide bonds. The van der Waals surface area contributed by atoms with E-state index in [9.17, 15) is 23.6 Å². The number of H-pyrrole nitrogens is 4. The number of imidazole rings is 1. The largest absolute Gasteiger partial charge is 0.368 e. The molecule has 12 heterocycles. The number of fused-ring (bicyclic) bond motifs is 8. The SMILES string of the molecule is C[C@H](Nc1nc(N)nc2nc[nH]c12)c1cc2cccc(Cl)c2c(=O)n1-c1ccccc1.C[C@H](Nc1ncnc2[nH]cc(Cl)c12)c1cc2cccc(Cl)c2c(=O)n1-c1ccccc1.C[C@H](Nc1ncnc2[nH]cc(F)c12)c1cc2cccc(Cl)c2c(=O)n1-c1ccccc1.C[C@H](Nc1ncnc2[nH]ccc12)c1cc2cccc(Cl)c2c(=O)n1-c1ccccc1. The van der Waals surface area contributed by atoms with Crippen LogP contribution in [0, 0.1) is 5.82 Å². The van der Waals surface area contributed by atoms with Crippen molar-refractivity contribution in [2.45, 2.75) is 51.9 Å². The molecule has 0 saturated heterocycles. The average molecular weight is 1730 g/mol. The molecule has 0 radical (unpaired) electrons. The van der Waals surface area contributed by atoms with Gasteiger partial charge in [0, 0.05) is 64.1 Å². The minimum absolute atomic E-state index is 0.111. The second kappa shape index (κ2) is 34.6. The highest BCUT2D eigenvalue weighted by atomic mass is 35.5. The molecule has 0 spiro atoms. The van der Waals surface area contributed by atoms with Gasteiger partial charge >= 0.3 is 0 Å². The van der Waals surface area contributed by atoms with Gasteiger partial charge in [0.25, 0.3) is 22.2 Å². The summed E-state index contributed by atoms with van der Waals surface area (Å²) in [6.07, 6.45) is 10.6. The summed E-state index contributed by atoms with van der Waals surface area (Å²) in [5, 5.41) is 22.5. The van der Waals surface area contributed by atoms with Crippen LogP contribution >= 0.6 is 58.0 Å². The summed E-state index contributed by atoms with van der Waals surface area (Å²) in [6.45, 7) is 7.82. The highest BCUT2D eigenvalue weighted by molar-refractivity contribution is 6.37. The zero-order chi connectivity index (χ0) is 85.3. The fraction of sp³-hybridized carbons (Fsp3) is 0.0879. The molecule has 610 valence electrons. The Bertz CT molecular complexity index is 7230. The van der Waals surface area contributed by atoms with Crippen molar-refractivity contribution >= 4 is 175 Å². The standard InChI is InChI=1S/C23H17Cl2N5O.C23H17ClFN5O.C23H18ClN5O.C22H18ClN7O/c2*1-13(29-22-20-17(25)11-26-21(20)27-12-28-22)18-10-14-6-5-9-16(24)19(14)23(31)30(18)15-7-3-2-4-8-15;1-14(28-22-17-10-11-25-21(17)26-13-27-22)19-12-15-6-5-9-18(24)20(15)23(30)29(19)16-7-3-2-4-8-16;1-12(27-20-18-19(26-11-25-18)28-22(24)29-20)16-10-13-6-5-9-15(23)17(13)21(31)30(16)14-7-3-2-4-8-14/h2*2-13H,1H3,(H2,26,27,28,29);2-14H,1H3,(H2,25,26,27,28);2-12H,1H3,(H4,24,25,26,27,28,29)/t2*13-;14-;12-/m0000/s1. The molecule has 26 nitrogen and oxygen atoms in total. The summed E-state index contributed by atoms with van der Waals surface area (Å²) in [7, 11) is 0. The first-order chi connectivity index (χ1) is 59.7. The fourth-order valence-corrected chi connectivity index (χ4v) is 16.4. The zero-order valence-corrected chi connectivity index (χ0v) is 69.3. The van der Waals surface area contributed by atoms with E-state index in [1.807, 2.05) is 234 Å². The van der Waals surface area contributed by atoms with Gasteiger partial charge in [-0.1, -0.05) is 179 Å². The minimum Gasteiger partial charge on any atom is -0.368 e. The van der Waals surface area contributed by atoms with Crippen LogP contribution in [0.1, 0.15) is 74.6 Å². The van der Waals surface area contributed by atoms with Crippen LogP contribution in [-0.4, -0.2) is 83.1 Å². The number of nitrogens with two attached hydrogens (primary N) is 1. The lowest BCUT2D eigenvalue weighted by molar-refractivity contribution is 0.639. The maximum absolute atomic E-state index is 14.3. The van der Waals surface area contributed by atoms with Crippen LogP contribution < -0.4 is 49.2 Å². The number of aromatic amines is 4. The van der Waals surface area contributed by atoms with Gasteiger partial charge in [-0.2, -0.15) is 9.97 Å². The summed E-state index contributed by atoms with van der Waals surface area (Å²) >= 11 is 31.9. The second-order valence-electron chi connectivity index (χ2n) is 28.6. The van der Waals surface area contributed by atoms with Gasteiger partial charge in [-0.3, -0.25) is 37.4 Å². The number of benzene rings is 8. The van der Waals surface area contributed by atoms with Gasteiger partial charge in [0.2, 0.25) is 5.95 Å². The van der Waals surface area contributed by atoms with Crippen molar-refractivity contribution in [2.24, 2.45) is 0 Å². The van der Waals surface area contributed by atoms with E-state index in [1.165, 1.54) is 31.5 Å². The molecule has 10 N–H and O–H groups in total. The van der Waals surface area contributed by atoms with Crippen LogP contribution in [0.15, 0.2) is 288 Å². The highest BCUT2D eigenvalue weighted by Gasteiger charge is 2.26. The van der Waals surface area contributed by atoms with E-state index in [-0.39, 0.29) is 57.7 Å². The molecule has 8 aromatic carbocycles. The van der Waals surface area contributed by atoms with Crippen molar-refractivity contribution in [3.63, 3.8) is 0 Å². The van der Waals surface area contributed by atoms with E-state index in [0.717, 1.165) is 66.7 Å². The number of rotatable bonds is 16. The fourth-order valence-electron chi connectivity index (χ4n) is 15.1. The van der Waals surface area contributed by atoms with Crippen molar-refractivity contribution in [1.29, 1.82) is 0 Å². The maximum atomic E-state index is 14.3. The number of aromatic nitrogens is 17. The molecular formula is C91H70Cl5FN22O4. The van der Waals surface area contributed by atoms with Gasteiger partial charge in [-0.25, -0.2) is 39.3 Å². The lowest BCUT2D eigenvalue weighted by Gasteiger charge is -2.22. The van der Waals surface area contributed by atoms with E-state index in [1.54, 1.807) is 48.7 Å². The van der Waals surface area contributed by atoms with Crippen molar-refractivity contribution in [3.8, 4) is 22.7 Å². The third-order valence-corrected chi connectivity index (χ3v) is 22.4. The number of nitrogens with one attached hydrogen (secondary N) is 8. The number of nitrogens with zero attached hydrogens (tertiary/aromatic N) is 13. The summed E-state index contributed by atoms with van der Waals surface area (Å²) in [5.41, 5.74) is 14.0. The van der Waals surface area contributed by atoms with Crippen LogP contribution in [0.25, 0.3) is 110 Å². The van der Waals surface area contributed by atoms with Crippen molar-refractivity contribution in [1.82, 2.24) is 83.1 Å². The molecule has 0 saturated carbocycles. The van der Waals surface area contributed by atoms with E-state index in [2.05, 4.69) is 86.1 Å². The van der Waals surface area contributed by atoms with E-state index in [4.69, 9.17) is 63.7 Å². The topological polar surface area (TPSA) is 341 Å². The summed E-state index contributed by atoms with van der Waals surface area (Å²) in [5.74, 6) is 1.80. The number of halogens is 6. The monoisotopic (exact) mass is 1730 g/mol. The number of para-hydroxylation sites is 4. The Labute approximate surface area is 722 Å². The summed E-state index contributed by atoms with van der Waals surface area (Å²) in [6, 6.07) is 68.2. The third kappa shape index (κ3) is 16.0. The maximum Gasteiger partial charge on any atom is 0.264 e. The Kier molecular flexibility index (Phi) is 22.7. The lowest BCUT2D eigenvalue weighted by Crippen LogP contribution is -2.26. The van der Waals surface area contributed by atoms with Gasteiger partial charge < -0.3 is 46.9 Å². The first-order valence-electron chi connectivity index (χ1n) is 38.6. The molecule has 0 fully saturated rings. The summed E-state index contributed by atoms with van der Waals surface area (Å²) < 4.78 is 21.0. The van der Waals surface area contributed by atoms with Crippen LogP contribution in [0.5, 0.6) is 0 Å². The number of pyridine rings is 4. The Hall–Kier alpha value is -14.6. The Morgan fingerprint density at radius 1 is 0.350 bits per heavy atom. The molecule has 123 heavy (non-hydrogen) atoms. The van der Waals surface area contributed by atoms with Gasteiger partial charge in [-0.05, 0) is 152 Å². The molecule has 0 bridgehead atoms. The van der Waals surface area contributed by atoms with Crippen LogP contribution in [0.4, 0.5) is 33.6 Å². The summed E-state index contributed by atoms with van der Waals surface area (Å²) in [4.78, 5) is 104. The molecule has 20 rings (SSSR count). The Morgan fingerprint density at radius 2 is 0.699 bits per heavy atom. The van der Waals surface area contributed by atoms with Crippen molar-refractivity contribution in [2.75, 3.05) is 27.0 Å². The lowest BCUT2D eigenvalue weighted by atomic mass is 10.1. The smallest absolute Gasteiger partial charge is 0.264 e. The molecule has 12 aromatic heterocycles. The zero-order valence-electron chi connectivity index (χ0n) is 65.5. The molecule has 0 aliphatic carbocycles. The first kappa shape index (κ1) is 80.8. The van der Waals surface area contributed by atoms with Gasteiger partial charge in [-0.15, -0.1) is 0 Å². The molecule has 0 aliphatic heterocycles. The first-order valence-corrected chi connectivity index (χ1v) is 40.5. The van der Waals surface area contributed by atoms with Gasteiger partial charge in [0.05, 0.1) is 93.3 Å². The van der Waals surface area contributed by atoms with Gasteiger partial charge in [0.1, 0.15) is 58.9 Å². The molecule has 20 aromatic rings. The van der Waals surface area contributed by atoms with E-state index < -0.39 is 5.82 Å². The van der Waals surface area contributed by atoms with Crippen molar-refractivity contribution < 1.29 is 4.39 Å². The normalized spacial score (nSPS) is 12.3. The molecule has 4 atom stereocenters. The molecular weight excluding hydrogens is 1660 g/mol. The highest BCUT2D eigenvalue weighted by Crippen LogP contribution is 2.36.